The number of benzene rings is 1. The Bertz CT molecular complexity index is 484. The number of hydrogen-bond acceptors (Lipinski definition) is 5. The van der Waals surface area contributed by atoms with Gasteiger partial charge in [0.15, 0.2) is 11.5 Å². The topological polar surface area (TPSA) is 68.8 Å². The second-order valence-corrected chi connectivity index (χ2v) is 5.00. The molecule has 0 saturated carbocycles. The fourth-order valence-corrected chi connectivity index (χ4v) is 1.97. The van der Waals surface area contributed by atoms with Crippen LogP contribution in [0, 0.1) is 0 Å². The minimum absolute atomic E-state index is 0. The van der Waals surface area contributed by atoms with Crippen LogP contribution in [0.1, 0.15) is 38.1 Å². The lowest BCUT2D eigenvalue weighted by Crippen LogP contribution is -2.37. The van der Waals surface area contributed by atoms with Gasteiger partial charge in [-0.3, -0.25) is 4.79 Å². The van der Waals surface area contributed by atoms with Crippen LogP contribution in [-0.2, 0) is 0 Å². The van der Waals surface area contributed by atoms with E-state index in [2.05, 4.69) is 10.6 Å². The van der Waals surface area contributed by atoms with Crippen molar-refractivity contribution in [2.45, 2.75) is 33.7 Å². The zero-order chi connectivity index (χ0) is 17.2. The summed E-state index contributed by atoms with van der Waals surface area (Å²) in [6, 6.07) is 3.58. The van der Waals surface area contributed by atoms with E-state index in [0.717, 1.165) is 0 Å². The van der Waals surface area contributed by atoms with Crippen LogP contribution in [0.2, 0.25) is 0 Å². The number of carbonyl (C=O) groups is 1. The molecule has 0 fully saturated rings. The molecule has 2 N–H and O–H groups in total. The molecule has 6 nitrogen and oxygen atoms in total. The molecule has 1 rings (SSSR count). The summed E-state index contributed by atoms with van der Waals surface area (Å²) in [6.07, 6.45) is 0. The molecule has 7 heteroatoms. The molecule has 0 bridgehead atoms. The Hall–Kier alpha value is -1.66. The molecule has 0 aliphatic carbocycles. The lowest BCUT2D eigenvalue weighted by molar-refractivity contribution is 0.0949. The summed E-state index contributed by atoms with van der Waals surface area (Å²) in [7, 11) is 1.86. The van der Waals surface area contributed by atoms with E-state index in [1.165, 1.54) is 0 Å². The number of halogens is 1. The molecule has 1 atom stereocenters. The van der Waals surface area contributed by atoms with Gasteiger partial charge in [-0.2, -0.15) is 0 Å². The summed E-state index contributed by atoms with van der Waals surface area (Å²) in [5, 5.41) is 5.96. The van der Waals surface area contributed by atoms with E-state index in [0.29, 0.717) is 49.2 Å². The number of rotatable bonds is 10. The van der Waals surface area contributed by atoms with Crippen LogP contribution in [0.5, 0.6) is 17.2 Å². The predicted octanol–water partition coefficient (Wildman–Crippen LogP) is 2.64. The lowest BCUT2D eigenvalue weighted by Gasteiger charge is -2.17. The highest BCUT2D eigenvalue weighted by atomic mass is 35.5. The Morgan fingerprint density at radius 1 is 1.04 bits per heavy atom. The van der Waals surface area contributed by atoms with E-state index < -0.39 is 0 Å². The summed E-state index contributed by atoms with van der Waals surface area (Å²) < 4.78 is 16.9. The van der Waals surface area contributed by atoms with Crippen molar-refractivity contribution in [2.75, 3.05) is 33.4 Å². The zero-order valence-corrected chi connectivity index (χ0v) is 15.9. The van der Waals surface area contributed by atoms with Gasteiger partial charge in [-0.05, 0) is 46.9 Å². The fraction of sp³-hybridized carbons (Fsp3) is 0.588. The first kappa shape index (κ1) is 22.3. The molecule has 0 heterocycles. The number of nitrogens with one attached hydrogen (secondary N) is 2. The van der Waals surface area contributed by atoms with Crippen LogP contribution in [0.4, 0.5) is 0 Å². The van der Waals surface area contributed by atoms with Crippen molar-refractivity contribution >= 4 is 18.3 Å². The van der Waals surface area contributed by atoms with Crippen molar-refractivity contribution in [1.29, 1.82) is 0 Å². The standard InChI is InChI=1S/C17H28N2O4.ClH/c1-6-21-14-9-13(17(20)19-11-12(4)18-5)10-15(22-7-2)16(14)23-8-3;/h9-10,12,18H,6-8,11H2,1-5H3,(H,19,20);1H. The molecule has 138 valence electrons. The largest absolute Gasteiger partial charge is 0.490 e. The van der Waals surface area contributed by atoms with Gasteiger partial charge < -0.3 is 24.8 Å². The highest BCUT2D eigenvalue weighted by Crippen LogP contribution is 2.39. The van der Waals surface area contributed by atoms with Gasteiger partial charge in [0.25, 0.3) is 5.91 Å². The normalized spacial score (nSPS) is 11.2. The van der Waals surface area contributed by atoms with Crippen LogP contribution < -0.4 is 24.8 Å². The van der Waals surface area contributed by atoms with Crippen LogP contribution in [0.3, 0.4) is 0 Å². The first-order valence-electron chi connectivity index (χ1n) is 8.09. The number of hydrogen-bond donors (Lipinski definition) is 2. The van der Waals surface area contributed by atoms with Gasteiger partial charge in [0, 0.05) is 18.2 Å². The maximum absolute atomic E-state index is 12.4. The molecule has 1 unspecified atom stereocenters. The Morgan fingerprint density at radius 2 is 1.54 bits per heavy atom. The maximum atomic E-state index is 12.4. The van der Waals surface area contributed by atoms with E-state index in [1.807, 2.05) is 34.7 Å². The monoisotopic (exact) mass is 360 g/mol. The highest BCUT2D eigenvalue weighted by Gasteiger charge is 2.18. The molecule has 0 aliphatic rings. The quantitative estimate of drug-likeness (QED) is 0.671. The summed E-state index contributed by atoms with van der Waals surface area (Å²) in [5.41, 5.74) is 0.489. The minimum atomic E-state index is -0.169. The molecule has 0 saturated heterocycles. The zero-order valence-electron chi connectivity index (χ0n) is 15.1. The third-order valence-corrected chi connectivity index (χ3v) is 3.23. The second-order valence-electron chi connectivity index (χ2n) is 5.00. The maximum Gasteiger partial charge on any atom is 0.251 e. The lowest BCUT2D eigenvalue weighted by atomic mass is 10.1. The van der Waals surface area contributed by atoms with Crippen LogP contribution in [-0.4, -0.2) is 45.4 Å². The first-order chi connectivity index (χ1) is 11.1. The van der Waals surface area contributed by atoms with Crippen LogP contribution in [0.25, 0.3) is 0 Å². The Balaban J connectivity index is 0.00000529. The average molecular weight is 361 g/mol. The Labute approximate surface area is 150 Å². The van der Waals surface area contributed by atoms with E-state index >= 15 is 0 Å². The second kappa shape index (κ2) is 11.8. The molecule has 24 heavy (non-hydrogen) atoms. The van der Waals surface area contributed by atoms with E-state index in [9.17, 15) is 4.79 Å². The Morgan fingerprint density at radius 3 is 1.96 bits per heavy atom. The van der Waals surface area contributed by atoms with Crippen molar-refractivity contribution in [3.63, 3.8) is 0 Å². The van der Waals surface area contributed by atoms with Crippen molar-refractivity contribution in [1.82, 2.24) is 10.6 Å². The molecular formula is C17H29ClN2O4. The molecule has 0 spiro atoms. The summed E-state index contributed by atoms with van der Waals surface area (Å²) in [4.78, 5) is 12.4. The molecule has 1 amide bonds. The minimum Gasteiger partial charge on any atom is -0.490 e. The van der Waals surface area contributed by atoms with Gasteiger partial charge in [0.2, 0.25) is 5.75 Å². The molecule has 0 aliphatic heterocycles. The highest BCUT2D eigenvalue weighted by molar-refractivity contribution is 5.95. The van der Waals surface area contributed by atoms with Crippen molar-refractivity contribution in [3.8, 4) is 17.2 Å². The van der Waals surface area contributed by atoms with Gasteiger partial charge >= 0.3 is 0 Å². The number of amides is 1. The number of likely N-dealkylation sites (N-methyl/N-ethyl adjacent to an activating group) is 1. The third kappa shape index (κ3) is 6.45. The summed E-state index contributed by atoms with van der Waals surface area (Å²) >= 11 is 0. The van der Waals surface area contributed by atoms with E-state index in [4.69, 9.17) is 14.2 Å². The average Bonchev–Trinajstić information content (AvgIpc) is 2.55. The number of ether oxygens (including phenoxy) is 3. The van der Waals surface area contributed by atoms with Gasteiger partial charge in [-0.15, -0.1) is 12.4 Å². The number of carbonyl (C=O) groups excluding carboxylic acids is 1. The molecule has 1 aromatic carbocycles. The van der Waals surface area contributed by atoms with Gasteiger partial charge in [0.1, 0.15) is 0 Å². The van der Waals surface area contributed by atoms with Crippen molar-refractivity contribution < 1.29 is 19.0 Å². The predicted molar refractivity (Wildman–Crippen MR) is 98.1 cm³/mol. The molecule has 0 aromatic heterocycles. The summed E-state index contributed by atoms with van der Waals surface area (Å²) in [5.74, 6) is 1.41. The van der Waals surface area contributed by atoms with E-state index in [-0.39, 0.29) is 24.4 Å². The van der Waals surface area contributed by atoms with E-state index in [1.54, 1.807) is 12.1 Å². The smallest absolute Gasteiger partial charge is 0.251 e. The van der Waals surface area contributed by atoms with Crippen LogP contribution >= 0.6 is 12.4 Å². The van der Waals surface area contributed by atoms with Gasteiger partial charge in [-0.25, -0.2) is 0 Å². The van der Waals surface area contributed by atoms with Crippen molar-refractivity contribution in [2.24, 2.45) is 0 Å². The molecule has 0 radical (unpaired) electrons. The summed E-state index contributed by atoms with van der Waals surface area (Å²) in [6.45, 7) is 9.65. The molecular weight excluding hydrogens is 332 g/mol. The van der Waals surface area contributed by atoms with Gasteiger partial charge in [-0.1, -0.05) is 0 Å². The van der Waals surface area contributed by atoms with Crippen LogP contribution in [0.15, 0.2) is 12.1 Å². The third-order valence-electron chi connectivity index (χ3n) is 3.23. The SMILES string of the molecule is CCOc1cc(C(=O)NCC(C)NC)cc(OCC)c1OCC.Cl. The Kier molecular flexibility index (Phi) is 11.0. The van der Waals surface area contributed by atoms with Gasteiger partial charge in [0.05, 0.1) is 19.8 Å². The molecule has 1 aromatic rings. The van der Waals surface area contributed by atoms with Crippen molar-refractivity contribution in [3.05, 3.63) is 17.7 Å². The first-order valence-corrected chi connectivity index (χ1v) is 8.09. The fourth-order valence-electron chi connectivity index (χ4n) is 1.97.